The summed E-state index contributed by atoms with van der Waals surface area (Å²) in [4.78, 5) is 32.1. The van der Waals surface area contributed by atoms with Crippen molar-refractivity contribution in [2.75, 3.05) is 0 Å². The molecule has 0 unspecified atom stereocenters. The molecule has 0 aliphatic heterocycles. The van der Waals surface area contributed by atoms with E-state index in [1.54, 1.807) is 6.92 Å². The van der Waals surface area contributed by atoms with Gasteiger partial charge in [-0.15, -0.1) is 0 Å². The van der Waals surface area contributed by atoms with Crippen molar-refractivity contribution >= 4 is 17.8 Å². The van der Waals surface area contributed by atoms with Crippen LogP contribution in [0.1, 0.15) is 26.2 Å². The minimum absolute atomic E-state index is 0.0166. The number of aliphatic carboxylic acids is 2. The van der Waals surface area contributed by atoms with Crippen LogP contribution in [0.5, 0.6) is 0 Å². The lowest BCUT2D eigenvalue weighted by Crippen LogP contribution is -2.41. The van der Waals surface area contributed by atoms with Gasteiger partial charge in [0.1, 0.15) is 12.1 Å². The van der Waals surface area contributed by atoms with Gasteiger partial charge >= 0.3 is 11.9 Å². The highest BCUT2D eigenvalue weighted by atomic mass is 16.4. The monoisotopic (exact) mass is 232 g/mol. The molecule has 0 radical (unpaired) electrons. The highest BCUT2D eigenvalue weighted by Gasteiger charge is 2.19. The highest BCUT2D eigenvalue weighted by Crippen LogP contribution is 1.97. The number of hydrogen-bond donors (Lipinski definition) is 4. The van der Waals surface area contributed by atoms with Crippen molar-refractivity contribution in [3.05, 3.63) is 0 Å². The number of carboxylic acid groups (broad SMARTS) is 2. The van der Waals surface area contributed by atoms with E-state index in [1.807, 2.05) is 0 Å². The fourth-order valence-corrected chi connectivity index (χ4v) is 1.01. The minimum atomic E-state index is -1.18. The standard InChI is InChI=1S/C9H16N2O5/c1-2-6(9(15)16)11-7(12)4-3-5(10)8(13)14/h5-6H,2-4,10H2,1H3,(H,11,12)(H,13,14)(H,15,16)/t5-,6+/m1/s1. The van der Waals surface area contributed by atoms with Crippen molar-refractivity contribution in [1.82, 2.24) is 5.32 Å². The van der Waals surface area contributed by atoms with Gasteiger partial charge in [-0.25, -0.2) is 4.79 Å². The third-order valence-corrected chi connectivity index (χ3v) is 2.04. The summed E-state index contributed by atoms with van der Waals surface area (Å²) in [6, 6.07) is -2.04. The van der Waals surface area contributed by atoms with Gasteiger partial charge in [-0.2, -0.15) is 0 Å². The van der Waals surface area contributed by atoms with Gasteiger partial charge in [0.05, 0.1) is 0 Å². The molecule has 7 nitrogen and oxygen atoms in total. The molecule has 0 saturated carbocycles. The van der Waals surface area contributed by atoms with E-state index < -0.39 is 29.9 Å². The van der Waals surface area contributed by atoms with Gasteiger partial charge in [-0.05, 0) is 12.8 Å². The van der Waals surface area contributed by atoms with Gasteiger partial charge < -0.3 is 21.3 Å². The molecule has 0 aliphatic carbocycles. The molecule has 0 fully saturated rings. The zero-order valence-corrected chi connectivity index (χ0v) is 8.97. The lowest BCUT2D eigenvalue weighted by atomic mass is 10.1. The Morgan fingerprint density at radius 1 is 1.25 bits per heavy atom. The Morgan fingerprint density at radius 2 is 1.81 bits per heavy atom. The molecule has 0 heterocycles. The van der Waals surface area contributed by atoms with Gasteiger partial charge in [0.15, 0.2) is 0 Å². The van der Waals surface area contributed by atoms with Crippen molar-refractivity contribution < 1.29 is 24.6 Å². The van der Waals surface area contributed by atoms with Crippen LogP contribution in [0.2, 0.25) is 0 Å². The molecule has 0 aliphatic rings. The smallest absolute Gasteiger partial charge is 0.326 e. The first-order chi connectivity index (χ1) is 7.38. The van der Waals surface area contributed by atoms with Crippen LogP contribution in [0.4, 0.5) is 0 Å². The Kier molecular flexibility index (Phi) is 6.09. The number of carbonyl (C=O) groups excluding carboxylic acids is 1. The summed E-state index contributed by atoms with van der Waals surface area (Å²) in [6.07, 6.45) is 0.153. The van der Waals surface area contributed by atoms with E-state index in [4.69, 9.17) is 15.9 Å². The number of nitrogens with two attached hydrogens (primary N) is 1. The summed E-state index contributed by atoms with van der Waals surface area (Å²) in [5.41, 5.74) is 5.19. The van der Waals surface area contributed by atoms with Gasteiger partial charge in [0.25, 0.3) is 0 Å². The van der Waals surface area contributed by atoms with Crippen molar-refractivity contribution in [2.45, 2.75) is 38.3 Å². The van der Waals surface area contributed by atoms with Crippen molar-refractivity contribution in [1.29, 1.82) is 0 Å². The molecule has 0 saturated heterocycles. The second-order valence-corrected chi connectivity index (χ2v) is 3.35. The summed E-state index contributed by atoms with van der Waals surface area (Å²) in [5.74, 6) is -2.80. The zero-order valence-electron chi connectivity index (χ0n) is 8.97. The Balaban J connectivity index is 3.99. The van der Waals surface area contributed by atoms with Crippen LogP contribution in [-0.4, -0.2) is 40.1 Å². The quantitative estimate of drug-likeness (QED) is 0.452. The minimum Gasteiger partial charge on any atom is -0.480 e. The van der Waals surface area contributed by atoms with Crippen LogP contribution in [-0.2, 0) is 14.4 Å². The Hall–Kier alpha value is -1.63. The summed E-state index contributed by atoms with van der Waals surface area (Å²) in [7, 11) is 0. The van der Waals surface area contributed by atoms with Crippen LogP contribution < -0.4 is 11.1 Å². The van der Waals surface area contributed by atoms with E-state index in [-0.39, 0.29) is 19.3 Å². The van der Waals surface area contributed by atoms with Crippen molar-refractivity contribution in [3.8, 4) is 0 Å². The molecule has 1 amide bonds. The predicted molar refractivity (Wildman–Crippen MR) is 54.7 cm³/mol. The van der Waals surface area contributed by atoms with E-state index in [9.17, 15) is 14.4 Å². The third kappa shape index (κ3) is 5.30. The lowest BCUT2D eigenvalue weighted by Gasteiger charge is -2.12. The molecule has 5 N–H and O–H groups in total. The maximum atomic E-state index is 11.2. The second-order valence-electron chi connectivity index (χ2n) is 3.35. The van der Waals surface area contributed by atoms with Crippen molar-refractivity contribution in [2.24, 2.45) is 5.73 Å². The molecule has 2 atom stereocenters. The van der Waals surface area contributed by atoms with Gasteiger partial charge in [0, 0.05) is 6.42 Å². The number of rotatable bonds is 7. The molecule has 0 bridgehead atoms. The summed E-state index contributed by atoms with van der Waals surface area (Å²) in [5, 5.41) is 19.4. The number of carbonyl (C=O) groups is 3. The molecule has 7 heteroatoms. The van der Waals surface area contributed by atoms with E-state index in [1.165, 1.54) is 0 Å². The van der Waals surface area contributed by atoms with E-state index in [0.29, 0.717) is 0 Å². The molecule has 0 rings (SSSR count). The molecule has 16 heavy (non-hydrogen) atoms. The average Bonchev–Trinajstić information content (AvgIpc) is 2.21. The first-order valence-electron chi connectivity index (χ1n) is 4.89. The maximum absolute atomic E-state index is 11.2. The van der Waals surface area contributed by atoms with Gasteiger partial charge in [0.2, 0.25) is 5.91 Å². The number of amides is 1. The molecular formula is C9H16N2O5. The first kappa shape index (κ1) is 14.4. The number of carboxylic acids is 2. The molecule has 0 spiro atoms. The van der Waals surface area contributed by atoms with Crippen LogP contribution >= 0.6 is 0 Å². The largest absolute Gasteiger partial charge is 0.480 e. The van der Waals surface area contributed by atoms with Crippen molar-refractivity contribution in [3.63, 3.8) is 0 Å². The normalized spacial score (nSPS) is 13.9. The first-order valence-corrected chi connectivity index (χ1v) is 4.89. The molecular weight excluding hydrogens is 216 g/mol. The lowest BCUT2D eigenvalue weighted by molar-refractivity contribution is -0.142. The SMILES string of the molecule is CC[C@H](NC(=O)CC[C@@H](N)C(=O)O)C(=O)O. The molecule has 0 aromatic carbocycles. The molecule has 0 aromatic heterocycles. The molecule has 0 aromatic rings. The Labute approximate surface area is 92.6 Å². The van der Waals surface area contributed by atoms with Crippen LogP contribution in [0.3, 0.4) is 0 Å². The maximum Gasteiger partial charge on any atom is 0.326 e. The van der Waals surface area contributed by atoms with E-state index >= 15 is 0 Å². The van der Waals surface area contributed by atoms with E-state index in [0.717, 1.165) is 0 Å². The topological polar surface area (TPSA) is 130 Å². The predicted octanol–water partition coefficient (Wildman–Crippen LogP) is -0.842. The Morgan fingerprint density at radius 3 is 2.19 bits per heavy atom. The summed E-state index contributed by atoms with van der Waals surface area (Å²) < 4.78 is 0. The fourth-order valence-electron chi connectivity index (χ4n) is 1.01. The van der Waals surface area contributed by atoms with Gasteiger partial charge in [-0.1, -0.05) is 6.92 Å². The van der Waals surface area contributed by atoms with Crippen LogP contribution in [0.25, 0.3) is 0 Å². The Bertz CT molecular complexity index is 279. The molecule has 92 valence electrons. The summed E-state index contributed by atoms with van der Waals surface area (Å²) >= 11 is 0. The number of nitrogens with one attached hydrogen (secondary N) is 1. The second kappa shape index (κ2) is 6.78. The summed E-state index contributed by atoms with van der Waals surface area (Å²) in [6.45, 7) is 1.63. The third-order valence-electron chi connectivity index (χ3n) is 2.04. The van der Waals surface area contributed by atoms with Crippen LogP contribution in [0, 0.1) is 0 Å². The van der Waals surface area contributed by atoms with Crippen LogP contribution in [0.15, 0.2) is 0 Å². The van der Waals surface area contributed by atoms with E-state index in [2.05, 4.69) is 5.32 Å². The van der Waals surface area contributed by atoms with Gasteiger partial charge in [-0.3, -0.25) is 9.59 Å². The fraction of sp³-hybridized carbons (Fsp3) is 0.667. The average molecular weight is 232 g/mol. The number of hydrogen-bond acceptors (Lipinski definition) is 4. The zero-order chi connectivity index (χ0) is 12.7. The highest BCUT2D eigenvalue weighted by molar-refractivity contribution is 5.84.